The van der Waals surface area contributed by atoms with Crippen LogP contribution >= 0.6 is 0 Å². The lowest BCUT2D eigenvalue weighted by Gasteiger charge is -2.51. The molecule has 0 amide bonds. The van der Waals surface area contributed by atoms with Crippen LogP contribution < -0.4 is 0 Å². The van der Waals surface area contributed by atoms with E-state index in [-0.39, 0.29) is 0 Å². The molecule has 3 heterocycles. The number of hydrogen-bond acceptors (Lipinski definition) is 18. The molecule has 12 N–H and O–H groups in total. The van der Waals surface area contributed by atoms with Gasteiger partial charge in [-0.05, 0) is 0 Å². The minimum Gasteiger partial charge on any atom is -0.477 e. The molecule has 15 atom stereocenters. The maximum atomic E-state index is 12.6. The first-order valence-electron chi connectivity index (χ1n) is 13.1. The molecule has 3 rings (SSSR count). The van der Waals surface area contributed by atoms with E-state index >= 15 is 0 Å². The average molecular weight is 635 g/mol. The van der Waals surface area contributed by atoms with Crippen LogP contribution in [0.3, 0.4) is 0 Å². The first-order chi connectivity index (χ1) is 20.1. The van der Waals surface area contributed by atoms with Crippen molar-refractivity contribution in [1.82, 2.24) is 0 Å². The van der Waals surface area contributed by atoms with Crippen molar-refractivity contribution in [3.63, 3.8) is 0 Å². The topological polar surface area (TPSA) is 332 Å². The van der Waals surface area contributed by atoms with Crippen LogP contribution in [0.2, 0.25) is 0 Å². The second kappa shape index (κ2) is 14.2. The fraction of sp³-hybridized carbons (Fsp3) is 0.913. The molecule has 0 aliphatic carbocycles. The highest BCUT2D eigenvalue weighted by Gasteiger charge is 2.62. The first-order valence-corrected chi connectivity index (χ1v) is 13.1. The Bertz CT molecular complexity index is 952. The van der Waals surface area contributed by atoms with Gasteiger partial charge >= 0.3 is 11.9 Å². The van der Waals surface area contributed by atoms with E-state index in [1.165, 1.54) is 0 Å². The molecule has 0 aromatic heterocycles. The largest absolute Gasteiger partial charge is 0.477 e. The van der Waals surface area contributed by atoms with Gasteiger partial charge in [0.15, 0.2) is 6.29 Å². The maximum Gasteiger partial charge on any atom is 0.364 e. The van der Waals surface area contributed by atoms with Gasteiger partial charge in [0.1, 0.15) is 61.0 Å². The minimum atomic E-state index is -3.01. The molecule has 0 radical (unpaired) electrons. The molecular formula is C23H38O20. The molecular weight excluding hydrogens is 596 g/mol. The van der Waals surface area contributed by atoms with Crippen molar-refractivity contribution in [1.29, 1.82) is 0 Å². The molecule has 43 heavy (non-hydrogen) atoms. The molecule has 0 aromatic rings. The number of carboxylic acid groups (broad SMARTS) is 2. The van der Waals surface area contributed by atoms with E-state index in [1.807, 2.05) is 0 Å². The molecule has 3 aliphatic rings. The lowest BCUT2D eigenvalue weighted by Crippen LogP contribution is -2.69. The van der Waals surface area contributed by atoms with Gasteiger partial charge < -0.3 is 89.7 Å². The van der Waals surface area contributed by atoms with Crippen molar-refractivity contribution in [2.75, 3.05) is 26.9 Å². The third-order valence-corrected chi connectivity index (χ3v) is 7.62. The van der Waals surface area contributed by atoms with Gasteiger partial charge in [-0.15, -0.1) is 0 Å². The number of aliphatic hydroxyl groups excluding tert-OH is 10. The Morgan fingerprint density at radius 1 is 0.814 bits per heavy atom. The van der Waals surface area contributed by atoms with Gasteiger partial charge in [0.05, 0.1) is 32.0 Å². The molecule has 0 unspecified atom stereocenters. The Kier molecular flexibility index (Phi) is 11.8. The van der Waals surface area contributed by atoms with Crippen molar-refractivity contribution in [3.8, 4) is 0 Å². The summed E-state index contributed by atoms with van der Waals surface area (Å²) in [5, 5.41) is 121. The van der Waals surface area contributed by atoms with Crippen LogP contribution in [-0.2, 0) is 38.0 Å². The standard InChI is InChI=1S/C23H38O20/c1-38-22(20(34)35)3-10(41-23(21(36)37)2-7(27)12(30)16(42-23)8(28)4-24)18(17(43-22)9(29)5-25)40-19-15(33)14(32)13(31)11(6-26)39-19/h7-19,24-33H,2-6H2,1H3,(H,34,35)(H,36,37)/t7-,8-,9-,10-,11-,12-,13-,14+,15-,16-,17-,18-,19-,22-,23-/m1/s1. The highest BCUT2D eigenvalue weighted by molar-refractivity contribution is 5.77. The van der Waals surface area contributed by atoms with Crippen molar-refractivity contribution < 1.29 is 99.3 Å². The molecule has 20 nitrogen and oxygen atoms in total. The quantitative estimate of drug-likeness (QED) is 0.0948. The van der Waals surface area contributed by atoms with Gasteiger partial charge in [0, 0.05) is 20.0 Å². The molecule has 250 valence electrons. The van der Waals surface area contributed by atoms with Crippen LogP contribution in [0.25, 0.3) is 0 Å². The molecule has 0 saturated carbocycles. The fourth-order valence-corrected chi connectivity index (χ4v) is 5.17. The number of carboxylic acids is 2. The molecule has 0 aromatic carbocycles. The maximum absolute atomic E-state index is 12.6. The lowest BCUT2D eigenvalue weighted by atomic mass is 9.89. The zero-order chi connectivity index (χ0) is 32.4. The van der Waals surface area contributed by atoms with E-state index in [0.29, 0.717) is 0 Å². The van der Waals surface area contributed by atoms with Crippen molar-refractivity contribution in [2.24, 2.45) is 0 Å². The summed E-state index contributed by atoms with van der Waals surface area (Å²) in [6.45, 7) is -3.05. The number of aliphatic hydroxyl groups is 10. The average Bonchev–Trinajstić information content (AvgIpc) is 2.98. The minimum absolute atomic E-state index is 0.879. The van der Waals surface area contributed by atoms with Crippen molar-refractivity contribution >= 4 is 11.9 Å². The van der Waals surface area contributed by atoms with E-state index < -0.39 is 136 Å². The van der Waals surface area contributed by atoms with Crippen LogP contribution in [0, 0.1) is 0 Å². The molecule has 3 saturated heterocycles. The second-order valence-electron chi connectivity index (χ2n) is 10.4. The number of hydrogen-bond donors (Lipinski definition) is 12. The number of methoxy groups -OCH3 is 1. The normalized spacial score (nSPS) is 45.3. The van der Waals surface area contributed by atoms with Crippen molar-refractivity contribution in [3.05, 3.63) is 0 Å². The summed E-state index contributed by atoms with van der Waals surface area (Å²) >= 11 is 0. The number of aliphatic carboxylic acids is 2. The predicted molar refractivity (Wildman–Crippen MR) is 128 cm³/mol. The van der Waals surface area contributed by atoms with Gasteiger partial charge in [-0.3, -0.25) is 0 Å². The smallest absolute Gasteiger partial charge is 0.364 e. The second-order valence-corrected chi connectivity index (χ2v) is 10.4. The number of carbonyl (C=O) groups is 2. The van der Waals surface area contributed by atoms with E-state index in [2.05, 4.69) is 0 Å². The fourth-order valence-electron chi connectivity index (χ4n) is 5.17. The van der Waals surface area contributed by atoms with Crippen molar-refractivity contribution in [2.45, 2.75) is 104 Å². The summed E-state index contributed by atoms with van der Waals surface area (Å²) in [5.74, 6) is -9.50. The third kappa shape index (κ3) is 6.94. The van der Waals surface area contributed by atoms with Gasteiger partial charge in [0.2, 0.25) is 0 Å². The Labute approximate surface area is 242 Å². The Morgan fingerprint density at radius 3 is 1.88 bits per heavy atom. The predicted octanol–water partition coefficient (Wildman–Crippen LogP) is -7.23. The monoisotopic (exact) mass is 634 g/mol. The third-order valence-electron chi connectivity index (χ3n) is 7.62. The van der Waals surface area contributed by atoms with Gasteiger partial charge in [-0.1, -0.05) is 0 Å². The summed E-state index contributed by atoms with van der Waals surface area (Å²) in [4.78, 5) is 24.8. The van der Waals surface area contributed by atoms with E-state index in [1.54, 1.807) is 0 Å². The van der Waals surface area contributed by atoms with E-state index in [9.17, 15) is 70.9 Å². The van der Waals surface area contributed by atoms with Crippen LogP contribution in [0.15, 0.2) is 0 Å². The number of ether oxygens (including phenoxy) is 6. The van der Waals surface area contributed by atoms with Crippen LogP contribution in [-0.4, -0.2) is 191 Å². The molecule has 20 heteroatoms. The molecule has 3 fully saturated rings. The van der Waals surface area contributed by atoms with Crippen LogP contribution in [0.5, 0.6) is 0 Å². The Balaban J connectivity index is 2.10. The van der Waals surface area contributed by atoms with E-state index in [4.69, 9.17) is 28.4 Å². The molecule has 0 bridgehead atoms. The molecule has 0 spiro atoms. The number of rotatable bonds is 12. The van der Waals surface area contributed by atoms with Gasteiger partial charge in [-0.2, -0.15) is 0 Å². The summed E-state index contributed by atoms with van der Waals surface area (Å²) in [5.41, 5.74) is 0. The zero-order valence-electron chi connectivity index (χ0n) is 22.7. The summed E-state index contributed by atoms with van der Waals surface area (Å²) in [6.07, 6.45) is -27.0. The lowest BCUT2D eigenvalue weighted by molar-refractivity contribution is -0.394. The highest BCUT2D eigenvalue weighted by Crippen LogP contribution is 2.41. The summed E-state index contributed by atoms with van der Waals surface area (Å²) < 4.78 is 32.6. The molecule has 3 aliphatic heterocycles. The van der Waals surface area contributed by atoms with Gasteiger partial charge in [0.25, 0.3) is 11.6 Å². The SMILES string of the molecule is CO[C@]1(C(=O)O)C[C@@H](O[C@]2(C(=O)O)C[C@@H](O)[C@@H](O)[C@@H]([C@H](O)CO)O2)[C@@H](O[C@H]2O[C@H](CO)[C@@H](O)[C@H](O)[C@H]2O)[C@@H]([C@H](O)CO)O1. The van der Waals surface area contributed by atoms with E-state index in [0.717, 1.165) is 7.11 Å². The zero-order valence-corrected chi connectivity index (χ0v) is 22.7. The van der Waals surface area contributed by atoms with Gasteiger partial charge in [-0.25, -0.2) is 9.59 Å². The summed E-state index contributed by atoms with van der Waals surface area (Å²) in [6, 6.07) is 0. The Morgan fingerprint density at radius 2 is 1.37 bits per heavy atom. The highest BCUT2D eigenvalue weighted by atomic mass is 16.8. The van der Waals surface area contributed by atoms with Crippen LogP contribution in [0.1, 0.15) is 12.8 Å². The summed E-state index contributed by atoms with van der Waals surface area (Å²) in [7, 11) is 0.879. The first kappa shape index (κ1) is 35.8. The Hall–Kier alpha value is -1.70. The van der Waals surface area contributed by atoms with Crippen LogP contribution in [0.4, 0.5) is 0 Å².